The molecule has 0 amide bonds. The minimum Gasteiger partial charge on any atom is -0.394 e. The Morgan fingerprint density at radius 2 is 1.65 bits per heavy atom. The normalized spacial score (nSPS) is 37.2. The number of hydrogen-bond donors (Lipinski definition) is 5. The Morgan fingerprint density at radius 1 is 1.12 bits per heavy atom. The van der Waals surface area contributed by atoms with E-state index in [0.29, 0.717) is 0 Å². The molecule has 17 heavy (non-hydrogen) atoms. The van der Waals surface area contributed by atoms with Crippen LogP contribution in [0, 0.1) is 0 Å². The first-order valence-electron chi connectivity index (χ1n) is 5.63. The predicted molar refractivity (Wildman–Crippen MR) is 60.1 cm³/mol. The number of ether oxygens (including phenoxy) is 2. The second-order valence-corrected chi connectivity index (χ2v) is 3.59. The Kier molecular flexibility index (Phi) is 8.61. The maximum Gasteiger partial charge on any atom is 0.173 e. The van der Waals surface area contributed by atoms with Crippen LogP contribution in [0.3, 0.4) is 0 Å². The van der Waals surface area contributed by atoms with Crippen LogP contribution in [0.5, 0.6) is 0 Å². The summed E-state index contributed by atoms with van der Waals surface area (Å²) in [5.74, 6) is 0. The standard InChI is InChI=1S/C6H13NO5.C4H10O/c7-3-5(10)4(9)2(1-8)12-6(3)11;1-3-5-4-2/h2-6,8-11H,1,7H2;3-4H2,1-2H3/t2-,3-,4-,5-,6-;/m1./s1. The Bertz CT molecular complexity index is 187. The lowest BCUT2D eigenvalue weighted by Gasteiger charge is -2.38. The van der Waals surface area contributed by atoms with Crippen LogP contribution in [0.2, 0.25) is 0 Å². The first-order chi connectivity index (χ1) is 7.99. The second-order valence-electron chi connectivity index (χ2n) is 3.59. The van der Waals surface area contributed by atoms with Gasteiger partial charge in [0.1, 0.15) is 18.3 Å². The van der Waals surface area contributed by atoms with Gasteiger partial charge in [-0.3, -0.25) is 0 Å². The topological polar surface area (TPSA) is 125 Å². The van der Waals surface area contributed by atoms with Crippen molar-refractivity contribution in [2.45, 2.75) is 44.5 Å². The van der Waals surface area contributed by atoms with Crippen molar-refractivity contribution in [1.29, 1.82) is 0 Å². The molecule has 1 fully saturated rings. The van der Waals surface area contributed by atoms with Crippen molar-refractivity contribution in [3.8, 4) is 0 Å². The van der Waals surface area contributed by atoms with Crippen LogP contribution >= 0.6 is 0 Å². The number of aliphatic hydroxyl groups excluding tert-OH is 4. The van der Waals surface area contributed by atoms with Crippen LogP contribution in [0.4, 0.5) is 0 Å². The molecule has 0 radical (unpaired) electrons. The van der Waals surface area contributed by atoms with E-state index in [-0.39, 0.29) is 0 Å². The molecule has 5 atom stereocenters. The highest BCUT2D eigenvalue weighted by atomic mass is 16.6. The van der Waals surface area contributed by atoms with Crippen molar-refractivity contribution < 1.29 is 29.9 Å². The highest BCUT2D eigenvalue weighted by Gasteiger charge is 2.41. The van der Waals surface area contributed by atoms with Crippen LogP contribution in [0.1, 0.15) is 13.8 Å². The quantitative estimate of drug-likeness (QED) is 0.386. The SMILES string of the molecule is CCOCC.N[C@@H]1[C@@H](O)[C@H](O)[C@@H](CO)O[C@H]1O. The van der Waals surface area contributed by atoms with Crippen molar-refractivity contribution in [1.82, 2.24) is 0 Å². The van der Waals surface area contributed by atoms with E-state index in [2.05, 4.69) is 0 Å². The molecule has 7 heteroatoms. The molecule has 1 rings (SSSR count). The van der Waals surface area contributed by atoms with Crippen molar-refractivity contribution in [2.24, 2.45) is 5.73 Å². The molecule has 0 aromatic heterocycles. The summed E-state index contributed by atoms with van der Waals surface area (Å²) in [5.41, 5.74) is 5.26. The molecule has 0 aliphatic carbocycles. The van der Waals surface area contributed by atoms with E-state index < -0.39 is 37.3 Å². The van der Waals surface area contributed by atoms with Gasteiger partial charge in [-0.1, -0.05) is 0 Å². The molecule has 1 saturated heterocycles. The van der Waals surface area contributed by atoms with Crippen molar-refractivity contribution in [2.75, 3.05) is 19.8 Å². The number of nitrogens with two attached hydrogens (primary N) is 1. The Morgan fingerprint density at radius 3 is 2.00 bits per heavy atom. The summed E-state index contributed by atoms with van der Waals surface area (Å²) >= 11 is 0. The van der Waals surface area contributed by atoms with E-state index in [4.69, 9.17) is 25.4 Å². The summed E-state index contributed by atoms with van der Waals surface area (Å²) in [6.45, 7) is 5.20. The van der Waals surface area contributed by atoms with Gasteiger partial charge < -0.3 is 35.6 Å². The summed E-state index contributed by atoms with van der Waals surface area (Å²) in [7, 11) is 0. The third-order valence-corrected chi connectivity index (χ3v) is 2.36. The predicted octanol–water partition coefficient (Wildman–Crippen LogP) is -2.21. The fourth-order valence-corrected chi connectivity index (χ4v) is 1.32. The molecule has 7 nitrogen and oxygen atoms in total. The van der Waals surface area contributed by atoms with E-state index in [9.17, 15) is 10.2 Å². The molecule has 0 unspecified atom stereocenters. The summed E-state index contributed by atoms with van der Waals surface area (Å²) < 4.78 is 9.53. The average molecular weight is 253 g/mol. The molecule has 0 aromatic rings. The molecular weight excluding hydrogens is 230 g/mol. The van der Waals surface area contributed by atoms with Gasteiger partial charge in [-0.15, -0.1) is 0 Å². The maximum atomic E-state index is 9.20. The van der Waals surface area contributed by atoms with Gasteiger partial charge in [0.05, 0.1) is 12.6 Å². The molecule has 104 valence electrons. The van der Waals surface area contributed by atoms with E-state index in [1.807, 2.05) is 13.8 Å². The highest BCUT2D eigenvalue weighted by Crippen LogP contribution is 2.17. The Labute approximate surface area is 101 Å². The molecule has 1 aliphatic rings. The Balaban J connectivity index is 0.000000437. The lowest BCUT2D eigenvalue weighted by atomic mass is 9.98. The first kappa shape index (κ1) is 16.7. The fraction of sp³-hybridized carbons (Fsp3) is 1.00. The summed E-state index contributed by atoms with van der Waals surface area (Å²) in [6, 6.07) is -1.04. The second kappa shape index (κ2) is 8.76. The van der Waals surface area contributed by atoms with Crippen LogP contribution < -0.4 is 5.73 Å². The van der Waals surface area contributed by atoms with E-state index >= 15 is 0 Å². The van der Waals surface area contributed by atoms with Gasteiger partial charge in [-0.25, -0.2) is 0 Å². The van der Waals surface area contributed by atoms with Crippen molar-refractivity contribution in [3.63, 3.8) is 0 Å². The van der Waals surface area contributed by atoms with E-state index in [0.717, 1.165) is 13.2 Å². The van der Waals surface area contributed by atoms with Gasteiger partial charge in [0, 0.05) is 13.2 Å². The van der Waals surface area contributed by atoms with Gasteiger partial charge in [0.15, 0.2) is 6.29 Å². The zero-order valence-electron chi connectivity index (χ0n) is 10.2. The molecule has 0 saturated carbocycles. The summed E-state index contributed by atoms with van der Waals surface area (Å²) in [6.07, 6.45) is -4.85. The zero-order valence-corrected chi connectivity index (χ0v) is 10.2. The van der Waals surface area contributed by atoms with Crippen LogP contribution in [-0.4, -0.2) is 70.9 Å². The Hall–Kier alpha value is -0.280. The molecule has 1 heterocycles. The third-order valence-electron chi connectivity index (χ3n) is 2.36. The van der Waals surface area contributed by atoms with E-state index in [1.54, 1.807) is 0 Å². The maximum absolute atomic E-state index is 9.20. The lowest BCUT2D eigenvalue weighted by Crippen LogP contribution is -2.61. The summed E-state index contributed by atoms with van der Waals surface area (Å²) in [4.78, 5) is 0. The summed E-state index contributed by atoms with van der Waals surface area (Å²) in [5, 5.41) is 36.1. The monoisotopic (exact) mass is 253 g/mol. The fourth-order valence-electron chi connectivity index (χ4n) is 1.32. The minimum atomic E-state index is -1.35. The van der Waals surface area contributed by atoms with Gasteiger partial charge in [-0.05, 0) is 13.8 Å². The van der Waals surface area contributed by atoms with Crippen molar-refractivity contribution >= 4 is 0 Å². The first-order valence-corrected chi connectivity index (χ1v) is 5.63. The molecule has 0 spiro atoms. The van der Waals surface area contributed by atoms with Crippen LogP contribution in [0.15, 0.2) is 0 Å². The minimum absolute atomic E-state index is 0.470. The van der Waals surface area contributed by atoms with Crippen molar-refractivity contribution in [3.05, 3.63) is 0 Å². The van der Waals surface area contributed by atoms with Crippen LogP contribution in [0.25, 0.3) is 0 Å². The van der Waals surface area contributed by atoms with Gasteiger partial charge in [0.25, 0.3) is 0 Å². The molecule has 1 aliphatic heterocycles. The average Bonchev–Trinajstić information content (AvgIpc) is 2.33. The number of rotatable bonds is 3. The van der Waals surface area contributed by atoms with Gasteiger partial charge in [0.2, 0.25) is 0 Å². The van der Waals surface area contributed by atoms with Gasteiger partial charge >= 0.3 is 0 Å². The molecule has 0 aromatic carbocycles. The molecule has 6 N–H and O–H groups in total. The van der Waals surface area contributed by atoms with Gasteiger partial charge in [-0.2, -0.15) is 0 Å². The van der Waals surface area contributed by atoms with E-state index in [1.165, 1.54) is 0 Å². The third kappa shape index (κ3) is 5.26. The largest absolute Gasteiger partial charge is 0.394 e. The highest BCUT2D eigenvalue weighted by molar-refractivity contribution is 4.90. The molecule has 0 bridgehead atoms. The molecular formula is C10H23NO6. The van der Waals surface area contributed by atoms with Crippen LogP contribution in [-0.2, 0) is 9.47 Å². The smallest absolute Gasteiger partial charge is 0.173 e. The zero-order chi connectivity index (χ0) is 13.4. The number of hydrogen-bond acceptors (Lipinski definition) is 7. The lowest BCUT2D eigenvalue weighted by molar-refractivity contribution is -0.248. The number of aliphatic hydroxyl groups is 4.